The lowest BCUT2D eigenvalue weighted by atomic mass is 10.1. The zero-order chi connectivity index (χ0) is 12.6. The number of halogens is 3. The van der Waals surface area contributed by atoms with Gasteiger partial charge in [-0.2, -0.15) is 0 Å². The van der Waals surface area contributed by atoms with Gasteiger partial charge in [-0.1, -0.05) is 23.2 Å². The van der Waals surface area contributed by atoms with E-state index in [1.54, 1.807) is 24.3 Å². The molecule has 0 radical (unpaired) electrons. The lowest BCUT2D eigenvalue weighted by molar-refractivity contribution is 0.104. The fourth-order valence-corrected chi connectivity index (χ4v) is 3.25. The highest BCUT2D eigenvalue weighted by Crippen LogP contribution is 2.33. The average molecular weight is 351 g/mol. The molecule has 0 fully saturated rings. The summed E-state index contributed by atoms with van der Waals surface area (Å²) in [6, 6.07) is 6.46. The van der Waals surface area contributed by atoms with Crippen LogP contribution in [0.15, 0.2) is 28.7 Å². The minimum absolute atomic E-state index is 0.142. The number of nitrogen functional groups attached to an aromatic ring is 1. The lowest BCUT2D eigenvalue weighted by Crippen LogP contribution is -1.99. The van der Waals surface area contributed by atoms with Crippen LogP contribution < -0.4 is 5.73 Å². The maximum Gasteiger partial charge on any atom is 0.203 e. The number of hydrogen-bond donors (Lipinski definition) is 1. The first-order valence-corrected chi connectivity index (χ1v) is 6.89. The summed E-state index contributed by atoms with van der Waals surface area (Å²) in [4.78, 5) is 12.7. The molecule has 2 aromatic rings. The molecule has 88 valence electrons. The third-order valence-corrected chi connectivity index (χ3v) is 4.74. The number of nitrogens with two attached hydrogens (primary N) is 1. The van der Waals surface area contributed by atoms with Gasteiger partial charge in [0.2, 0.25) is 5.78 Å². The van der Waals surface area contributed by atoms with Crippen molar-refractivity contribution in [1.29, 1.82) is 0 Å². The van der Waals surface area contributed by atoms with Crippen LogP contribution in [0.1, 0.15) is 15.2 Å². The minimum atomic E-state index is -0.142. The maximum absolute atomic E-state index is 12.1. The van der Waals surface area contributed by atoms with Crippen LogP contribution in [0.3, 0.4) is 0 Å². The van der Waals surface area contributed by atoms with Crippen molar-refractivity contribution in [2.24, 2.45) is 0 Å². The first-order valence-electron chi connectivity index (χ1n) is 4.53. The van der Waals surface area contributed by atoms with Gasteiger partial charge in [-0.05, 0) is 40.2 Å². The second-order valence-electron chi connectivity index (χ2n) is 3.33. The zero-order valence-electron chi connectivity index (χ0n) is 8.34. The minimum Gasteiger partial charge on any atom is -0.399 e. The maximum atomic E-state index is 12.1. The van der Waals surface area contributed by atoms with Gasteiger partial charge in [0.05, 0.1) is 4.88 Å². The predicted octanol–water partition coefficient (Wildman–Crippen LogP) is 4.63. The Morgan fingerprint density at radius 3 is 2.47 bits per heavy atom. The number of ketones is 1. The lowest BCUT2D eigenvalue weighted by Gasteiger charge is -2.01. The van der Waals surface area contributed by atoms with E-state index in [9.17, 15) is 4.79 Å². The Kier molecular flexibility index (Phi) is 3.78. The molecule has 0 aliphatic carbocycles. The van der Waals surface area contributed by atoms with Crippen LogP contribution in [-0.2, 0) is 0 Å². The Hall–Kier alpha value is -0.550. The third kappa shape index (κ3) is 2.83. The van der Waals surface area contributed by atoms with E-state index < -0.39 is 0 Å². The summed E-state index contributed by atoms with van der Waals surface area (Å²) < 4.78 is 1.26. The van der Waals surface area contributed by atoms with E-state index in [1.807, 2.05) is 0 Å². The topological polar surface area (TPSA) is 43.1 Å². The fourth-order valence-electron chi connectivity index (χ4n) is 1.34. The highest BCUT2D eigenvalue weighted by atomic mass is 79.9. The van der Waals surface area contributed by atoms with Gasteiger partial charge in [0.1, 0.15) is 4.34 Å². The molecule has 0 atom stereocenters. The summed E-state index contributed by atoms with van der Waals surface area (Å²) in [5.41, 5.74) is 6.56. The molecule has 0 aliphatic rings. The smallest absolute Gasteiger partial charge is 0.203 e. The molecule has 0 saturated heterocycles. The summed E-state index contributed by atoms with van der Waals surface area (Å²) in [6.45, 7) is 0. The third-order valence-electron chi connectivity index (χ3n) is 2.05. The molecule has 0 aliphatic heterocycles. The van der Waals surface area contributed by atoms with E-state index in [0.29, 0.717) is 30.0 Å². The molecular formula is C11H6BrCl2NOS. The number of carbonyl (C=O) groups is 1. The second kappa shape index (κ2) is 4.98. The van der Waals surface area contributed by atoms with E-state index in [2.05, 4.69) is 15.9 Å². The van der Waals surface area contributed by atoms with Crippen molar-refractivity contribution in [2.75, 3.05) is 5.73 Å². The first-order chi connectivity index (χ1) is 7.97. The molecule has 0 saturated carbocycles. The van der Waals surface area contributed by atoms with Gasteiger partial charge in [-0.25, -0.2) is 0 Å². The Balaban J connectivity index is 2.43. The molecule has 6 heteroatoms. The normalized spacial score (nSPS) is 10.5. The zero-order valence-corrected chi connectivity index (χ0v) is 12.3. The molecule has 0 amide bonds. The molecule has 2 rings (SSSR count). The number of rotatable bonds is 2. The van der Waals surface area contributed by atoms with Crippen LogP contribution in [0.5, 0.6) is 0 Å². The molecule has 17 heavy (non-hydrogen) atoms. The van der Waals surface area contributed by atoms with E-state index in [0.717, 1.165) is 0 Å². The van der Waals surface area contributed by atoms with E-state index >= 15 is 0 Å². The summed E-state index contributed by atoms with van der Waals surface area (Å²) in [5, 5.41) is 0.440. The van der Waals surface area contributed by atoms with Crippen molar-refractivity contribution in [3.63, 3.8) is 0 Å². The molecule has 0 spiro atoms. The molecule has 1 heterocycles. The van der Waals surface area contributed by atoms with Crippen molar-refractivity contribution < 1.29 is 4.79 Å². The van der Waals surface area contributed by atoms with Gasteiger partial charge in [-0.3, -0.25) is 4.79 Å². The molecular weight excluding hydrogens is 345 g/mol. The summed E-state index contributed by atoms with van der Waals surface area (Å²) in [6.07, 6.45) is 0. The Morgan fingerprint density at radius 2 is 1.94 bits per heavy atom. The van der Waals surface area contributed by atoms with Crippen LogP contribution in [0.2, 0.25) is 9.36 Å². The van der Waals surface area contributed by atoms with Crippen molar-refractivity contribution >= 4 is 61.9 Å². The van der Waals surface area contributed by atoms with E-state index in [4.69, 9.17) is 28.9 Å². The Morgan fingerprint density at radius 1 is 1.24 bits per heavy atom. The van der Waals surface area contributed by atoms with Gasteiger partial charge >= 0.3 is 0 Å². The standard InChI is InChI=1S/C11H6BrCl2NOS/c12-8-4-9(17-11(8)14)10(16)5-1-6(13)3-7(15)2-5/h1-4H,15H2. The molecule has 0 bridgehead atoms. The number of thiophene rings is 1. The van der Waals surface area contributed by atoms with Crippen molar-refractivity contribution in [1.82, 2.24) is 0 Å². The number of anilines is 1. The summed E-state index contributed by atoms with van der Waals surface area (Å²) in [7, 11) is 0. The van der Waals surface area contributed by atoms with Gasteiger partial charge in [0.15, 0.2) is 0 Å². The Bertz CT molecular complexity index is 557. The van der Waals surface area contributed by atoms with E-state index in [-0.39, 0.29) is 5.78 Å². The van der Waals surface area contributed by atoms with Gasteiger partial charge in [0.25, 0.3) is 0 Å². The molecule has 1 aromatic heterocycles. The SMILES string of the molecule is Nc1cc(Cl)cc(C(=O)c2cc(Br)c(Cl)s2)c1. The number of hydrogen-bond acceptors (Lipinski definition) is 3. The van der Waals surface area contributed by atoms with Crippen molar-refractivity contribution in [3.8, 4) is 0 Å². The van der Waals surface area contributed by atoms with Crippen LogP contribution in [0.25, 0.3) is 0 Å². The second-order valence-corrected chi connectivity index (χ2v) is 6.28. The molecule has 1 aromatic carbocycles. The largest absolute Gasteiger partial charge is 0.399 e. The Labute approximate surface area is 120 Å². The monoisotopic (exact) mass is 349 g/mol. The first kappa shape index (κ1) is 12.9. The highest BCUT2D eigenvalue weighted by Gasteiger charge is 2.15. The fraction of sp³-hybridized carbons (Fsp3) is 0. The van der Waals surface area contributed by atoms with Crippen LogP contribution in [0, 0.1) is 0 Å². The number of carbonyl (C=O) groups excluding carboxylic acids is 1. The average Bonchev–Trinajstić information content (AvgIpc) is 2.57. The molecule has 2 N–H and O–H groups in total. The van der Waals surface area contributed by atoms with E-state index in [1.165, 1.54) is 11.3 Å². The summed E-state index contributed by atoms with van der Waals surface area (Å²) in [5.74, 6) is -0.142. The molecule has 0 unspecified atom stereocenters. The quantitative estimate of drug-likeness (QED) is 0.633. The predicted molar refractivity (Wildman–Crippen MR) is 76.3 cm³/mol. The molecule has 2 nitrogen and oxygen atoms in total. The van der Waals surface area contributed by atoms with Crippen LogP contribution >= 0.6 is 50.5 Å². The van der Waals surface area contributed by atoms with Gasteiger partial charge in [0, 0.05) is 20.7 Å². The van der Waals surface area contributed by atoms with Crippen LogP contribution in [0.4, 0.5) is 5.69 Å². The van der Waals surface area contributed by atoms with Crippen LogP contribution in [-0.4, -0.2) is 5.78 Å². The van der Waals surface area contributed by atoms with Crippen molar-refractivity contribution in [3.05, 3.63) is 48.5 Å². The highest BCUT2D eigenvalue weighted by molar-refractivity contribution is 9.10. The van der Waals surface area contributed by atoms with Gasteiger partial charge < -0.3 is 5.73 Å². The number of benzene rings is 1. The van der Waals surface area contributed by atoms with Crippen molar-refractivity contribution in [2.45, 2.75) is 0 Å². The summed E-state index contributed by atoms with van der Waals surface area (Å²) >= 11 is 16.2. The van der Waals surface area contributed by atoms with Gasteiger partial charge in [-0.15, -0.1) is 11.3 Å².